The lowest BCUT2D eigenvalue weighted by molar-refractivity contribution is -0.141. The van der Waals surface area contributed by atoms with Gasteiger partial charge in [0.05, 0.1) is 10.6 Å². The summed E-state index contributed by atoms with van der Waals surface area (Å²) < 4.78 is 0.546. The van der Waals surface area contributed by atoms with Crippen LogP contribution in [0.25, 0.3) is 0 Å². The Labute approximate surface area is 141 Å². The van der Waals surface area contributed by atoms with Crippen LogP contribution < -0.4 is 5.32 Å². The fourth-order valence-electron chi connectivity index (χ4n) is 1.78. The number of benzene rings is 1. The zero-order valence-electron chi connectivity index (χ0n) is 12.1. The predicted octanol–water partition coefficient (Wildman–Crippen LogP) is 2.15. The van der Waals surface area contributed by atoms with Crippen molar-refractivity contribution in [2.24, 2.45) is 0 Å². The Bertz CT molecular complexity index is 594. The average molecular weight is 392 g/mol. The number of carboxylic acid groups (broad SMARTS) is 1. The molecule has 1 aromatic carbocycles. The molecule has 0 fully saturated rings. The van der Waals surface area contributed by atoms with E-state index in [1.807, 2.05) is 0 Å². The van der Waals surface area contributed by atoms with E-state index in [-0.39, 0.29) is 29.6 Å². The highest BCUT2D eigenvalue weighted by molar-refractivity contribution is 9.10. The van der Waals surface area contributed by atoms with Crippen LogP contribution in [0.1, 0.15) is 24.2 Å². The van der Waals surface area contributed by atoms with Gasteiger partial charge in [0.1, 0.15) is 6.04 Å². The molecule has 2 N–H and O–H groups in total. The topological polar surface area (TPSA) is 86.7 Å². The third kappa shape index (κ3) is 4.71. The summed E-state index contributed by atoms with van der Waals surface area (Å²) in [5.74, 6) is -1.90. The number of carbonyl (C=O) groups excluding carboxylic acids is 2. The Morgan fingerprint density at radius 1 is 1.41 bits per heavy atom. The maximum absolute atomic E-state index is 12.6. The Balaban J connectivity index is 3.03. The summed E-state index contributed by atoms with van der Waals surface area (Å²) in [5, 5.41) is 11.9. The van der Waals surface area contributed by atoms with Crippen molar-refractivity contribution in [3.8, 4) is 0 Å². The van der Waals surface area contributed by atoms with Gasteiger partial charge < -0.3 is 15.3 Å². The van der Waals surface area contributed by atoms with E-state index in [1.165, 1.54) is 19.9 Å². The average Bonchev–Trinajstić information content (AvgIpc) is 2.45. The number of nitrogens with one attached hydrogen (secondary N) is 1. The molecule has 0 saturated carbocycles. The molecule has 0 aliphatic carbocycles. The van der Waals surface area contributed by atoms with E-state index in [4.69, 9.17) is 16.7 Å². The second-order valence-electron chi connectivity index (χ2n) is 4.60. The van der Waals surface area contributed by atoms with Crippen LogP contribution in [0.2, 0.25) is 5.02 Å². The zero-order chi connectivity index (χ0) is 16.9. The van der Waals surface area contributed by atoms with Gasteiger partial charge in [0.15, 0.2) is 0 Å². The minimum atomic E-state index is -1.14. The number of hydrogen-bond acceptors (Lipinski definition) is 3. The molecule has 0 heterocycles. The SMILES string of the molecule is CC(=O)NCCN(C(=O)c1cccc(Br)c1Cl)C(C)C(=O)O. The second-order valence-corrected chi connectivity index (χ2v) is 5.83. The van der Waals surface area contributed by atoms with Gasteiger partial charge in [0, 0.05) is 24.5 Å². The van der Waals surface area contributed by atoms with Gasteiger partial charge in [-0.25, -0.2) is 4.79 Å². The van der Waals surface area contributed by atoms with Crippen LogP contribution in [-0.2, 0) is 9.59 Å². The molecular formula is C14H16BrClN2O4. The molecule has 6 nitrogen and oxygen atoms in total. The van der Waals surface area contributed by atoms with Crippen molar-refractivity contribution in [3.05, 3.63) is 33.3 Å². The Kier molecular flexibility index (Phi) is 6.83. The first-order valence-corrected chi connectivity index (χ1v) is 7.65. The first-order chi connectivity index (χ1) is 10.3. The fourth-order valence-corrected chi connectivity index (χ4v) is 2.35. The molecule has 1 rings (SSSR count). The van der Waals surface area contributed by atoms with E-state index in [2.05, 4.69) is 21.2 Å². The number of amides is 2. The summed E-state index contributed by atoms with van der Waals surface area (Å²) in [6.07, 6.45) is 0. The third-order valence-electron chi connectivity index (χ3n) is 2.99. The summed E-state index contributed by atoms with van der Waals surface area (Å²) >= 11 is 9.31. The lowest BCUT2D eigenvalue weighted by Gasteiger charge is -2.27. The van der Waals surface area contributed by atoms with Crippen molar-refractivity contribution in [1.82, 2.24) is 10.2 Å². The van der Waals surface area contributed by atoms with Crippen LogP contribution in [0.5, 0.6) is 0 Å². The summed E-state index contributed by atoms with van der Waals surface area (Å²) in [5.41, 5.74) is 0.201. The molecule has 8 heteroatoms. The van der Waals surface area contributed by atoms with Gasteiger partial charge in [0.25, 0.3) is 5.91 Å². The number of hydrogen-bond donors (Lipinski definition) is 2. The maximum Gasteiger partial charge on any atom is 0.326 e. The largest absolute Gasteiger partial charge is 0.480 e. The molecular weight excluding hydrogens is 376 g/mol. The zero-order valence-corrected chi connectivity index (χ0v) is 14.4. The summed E-state index contributed by atoms with van der Waals surface area (Å²) in [4.78, 5) is 35.9. The van der Waals surface area contributed by atoms with Gasteiger partial charge in [0.2, 0.25) is 5.91 Å². The Hall–Kier alpha value is -1.60. The van der Waals surface area contributed by atoms with E-state index >= 15 is 0 Å². The number of carboxylic acids is 1. The monoisotopic (exact) mass is 390 g/mol. The van der Waals surface area contributed by atoms with E-state index in [0.717, 1.165) is 4.90 Å². The molecule has 1 aromatic rings. The van der Waals surface area contributed by atoms with E-state index < -0.39 is 17.9 Å². The Morgan fingerprint density at radius 3 is 2.59 bits per heavy atom. The van der Waals surface area contributed by atoms with Crippen molar-refractivity contribution >= 4 is 45.3 Å². The number of nitrogens with zero attached hydrogens (tertiary/aromatic N) is 1. The molecule has 2 amide bonds. The Morgan fingerprint density at radius 2 is 2.05 bits per heavy atom. The summed E-state index contributed by atoms with van der Waals surface area (Å²) in [6, 6.07) is 3.80. The third-order valence-corrected chi connectivity index (χ3v) is 4.29. The maximum atomic E-state index is 12.6. The highest BCUT2D eigenvalue weighted by Gasteiger charge is 2.27. The lowest BCUT2D eigenvalue weighted by atomic mass is 10.1. The van der Waals surface area contributed by atoms with Crippen molar-refractivity contribution in [3.63, 3.8) is 0 Å². The normalized spacial score (nSPS) is 11.6. The summed E-state index contributed by atoms with van der Waals surface area (Å²) in [7, 11) is 0. The van der Waals surface area contributed by atoms with E-state index in [0.29, 0.717) is 4.47 Å². The molecule has 120 valence electrons. The molecule has 0 aliphatic rings. The fraction of sp³-hybridized carbons (Fsp3) is 0.357. The number of halogens is 2. The second kappa shape index (κ2) is 8.14. The van der Waals surface area contributed by atoms with Crippen LogP contribution in [-0.4, -0.2) is 46.9 Å². The quantitative estimate of drug-likeness (QED) is 0.778. The number of rotatable bonds is 6. The van der Waals surface area contributed by atoms with Crippen LogP contribution in [0.3, 0.4) is 0 Å². The minimum Gasteiger partial charge on any atom is -0.480 e. The number of aliphatic carboxylic acids is 1. The smallest absolute Gasteiger partial charge is 0.326 e. The number of carbonyl (C=O) groups is 3. The first-order valence-electron chi connectivity index (χ1n) is 6.48. The van der Waals surface area contributed by atoms with Crippen molar-refractivity contribution in [2.45, 2.75) is 19.9 Å². The van der Waals surface area contributed by atoms with E-state index in [9.17, 15) is 14.4 Å². The lowest BCUT2D eigenvalue weighted by Crippen LogP contribution is -2.46. The van der Waals surface area contributed by atoms with Crippen molar-refractivity contribution in [1.29, 1.82) is 0 Å². The van der Waals surface area contributed by atoms with Gasteiger partial charge in [-0.3, -0.25) is 9.59 Å². The predicted molar refractivity (Wildman–Crippen MR) is 86.0 cm³/mol. The molecule has 0 spiro atoms. The highest BCUT2D eigenvalue weighted by atomic mass is 79.9. The van der Waals surface area contributed by atoms with Crippen LogP contribution in [0.15, 0.2) is 22.7 Å². The van der Waals surface area contributed by atoms with Crippen LogP contribution >= 0.6 is 27.5 Å². The van der Waals surface area contributed by atoms with Gasteiger partial charge in [-0.15, -0.1) is 0 Å². The van der Waals surface area contributed by atoms with Crippen LogP contribution in [0, 0.1) is 0 Å². The molecule has 1 atom stereocenters. The first kappa shape index (κ1) is 18.4. The van der Waals surface area contributed by atoms with Gasteiger partial charge >= 0.3 is 5.97 Å². The van der Waals surface area contributed by atoms with E-state index in [1.54, 1.807) is 12.1 Å². The highest BCUT2D eigenvalue weighted by Crippen LogP contribution is 2.27. The van der Waals surface area contributed by atoms with Crippen molar-refractivity contribution < 1.29 is 19.5 Å². The standard InChI is InChI=1S/C14H16BrClN2O4/c1-8(14(21)22)18(7-6-17-9(2)19)13(20)10-4-3-5-11(15)12(10)16/h3-5,8H,6-7H2,1-2H3,(H,17,19)(H,21,22). The minimum absolute atomic E-state index is 0.0642. The van der Waals surface area contributed by atoms with Gasteiger partial charge in [-0.1, -0.05) is 17.7 Å². The molecule has 0 saturated heterocycles. The van der Waals surface area contributed by atoms with Crippen LogP contribution in [0.4, 0.5) is 0 Å². The molecule has 0 radical (unpaired) electrons. The molecule has 0 bridgehead atoms. The molecule has 22 heavy (non-hydrogen) atoms. The molecule has 0 aromatic heterocycles. The molecule has 0 aliphatic heterocycles. The van der Waals surface area contributed by atoms with Gasteiger partial charge in [-0.05, 0) is 35.0 Å². The summed E-state index contributed by atoms with van der Waals surface area (Å²) in [6.45, 7) is 2.97. The molecule has 1 unspecified atom stereocenters. The van der Waals surface area contributed by atoms with Gasteiger partial charge in [-0.2, -0.15) is 0 Å². The van der Waals surface area contributed by atoms with Crippen molar-refractivity contribution in [2.75, 3.05) is 13.1 Å².